The first-order valence-electron chi connectivity index (χ1n) is 16.8. The van der Waals surface area contributed by atoms with Gasteiger partial charge in [-0.25, -0.2) is 0 Å². The smallest absolute Gasteiger partial charge is 0.273 e. The Labute approximate surface area is 291 Å². The van der Waals surface area contributed by atoms with Crippen molar-refractivity contribution in [1.29, 1.82) is 0 Å². The fourth-order valence-electron chi connectivity index (χ4n) is 6.90. The largest absolute Gasteiger partial charge is 0.353 e. The van der Waals surface area contributed by atoms with Gasteiger partial charge in [-0.1, -0.05) is 182 Å². The van der Waals surface area contributed by atoms with Gasteiger partial charge in [-0.15, -0.1) is 0 Å². The Hall–Kier alpha value is -5.63. The van der Waals surface area contributed by atoms with E-state index in [0.717, 1.165) is 22.8 Å². The lowest BCUT2D eigenvalue weighted by molar-refractivity contribution is 1.32. The molecule has 0 aliphatic rings. The molecule has 5 heteroatoms. The minimum atomic E-state index is -2.81. The molecule has 7 rings (SSSR count). The van der Waals surface area contributed by atoms with Gasteiger partial charge in [0.25, 0.3) is 16.5 Å². The molecule has 0 fully saturated rings. The van der Waals surface area contributed by atoms with E-state index >= 15 is 0 Å². The molecule has 49 heavy (non-hydrogen) atoms. The van der Waals surface area contributed by atoms with E-state index in [1.807, 2.05) is 0 Å². The molecule has 238 valence electrons. The molecule has 6 aromatic carbocycles. The van der Waals surface area contributed by atoms with Crippen LogP contribution in [0.3, 0.4) is 0 Å². The number of benzene rings is 6. The van der Waals surface area contributed by atoms with Gasteiger partial charge >= 0.3 is 0 Å². The van der Waals surface area contributed by atoms with Crippen LogP contribution in [0, 0.1) is 0 Å². The highest BCUT2D eigenvalue weighted by Crippen LogP contribution is 2.16. The molecule has 0 atom stereocenters. The van der Waals surface area contributed by atoms with Gasteiger partial charge in [0.2, 0.25) is 0 Å². The highest BCUT2D eigenvalue weighted by atomic mass is 28.3. The lowest BCUT2D eigenvalue weighted by atomic mass is 10.3. The zero-order valence-electron chi connectivity index (χ0n) is 27.9. The first kappa shape index (κ1) is 31.9. The number of aromatic amines is 1. The van der Waals surface area contributed by atoms with Crippen LogP contribution in [0.25, 0.3) is 0 Å². The lowest BCUT2D eigenvalue weighted by Crippen LogP contribution is -2.66. The van der Waals surface area contributed by atoms with Crippen molar-refractivity contribution in [2.24, 2.45) is 9.32 Å². The Morgan fingerprint density at radius 3 is 0.735 bits per heavy atom. The third kappa shape index (κ3) is 6.22. The van der Waals surface area contributed by atoms with Gasteiger partial charge in [-0.2, -0.15) is 0 Å². The fourth-order valence-corrected chi connectivity index (χ4v) is 15.0. The summed E-state index contributed by atoms with van der Waals surface area (Å²) in [6.45, 7) is 4.27. The summed E-state index contributed by atoms with van der Waals surface area (Å²) in [5.41, 5.74) is 3.94. The van der Waals surface area contributed by atoms with E-state index in [2.05, 4.69) is 213 Å². The average Bonchev–Trinajstić information content (AvgIpc) is 3.69. The Kier molecular flexibility index (Phi) is 9.28. The molecule has 0 saturated carbocycles. The van der Waals surface area contributed by atoms with E-state index in [1.165, 1.54) is 31.1 Å². The Balaban J connectivity index is 1.38. The topological polar surface area (TPSA) is 40.5 Å². The van der Waals surface area contributed by atoms with Gasteiger partial charge in [-0.3, -0.25) is 0 Å². The molecule has 3 nitrogen and oxygen atoms in total. The van der Waals surface area contributed by atoms with Crippen molar-refractivity contribution in [2.75, 3.05) is 0 Å². The SMILES string of the molecule is CC(=N[Si](c1ccccc1)(c1ccccc1)c1ccccc1)c1ccc(/C(C)=N/[Si](c2ccccc2)(c2ccccc2)c2ccccc2)[nH]1. The van der Waals surface area contributed by atoms with Crippen LogP contribution in [0.15, 0.2) is 203 Å². The summed E-state index contributed by atoms with van der Waals surface area (Å²) in [7, 11) is -5.63. The monoisotopic (exact) mass is 665 g/mol. The Morgan fingerprint density at radius 1 is 0.327 bits per heavy atom. The van der Waals surface area contributed by atoms with Gasteiger partial charge in [-0.05, 0) is 57.1 Å². The van der Waals surface area contributed by atoms with Gasteiger partial charge in [0.1, 0.15) is 0 Å². The number of nitrogens with zero attached hydrogens (tertiary/aromatic N) is 2. The second-order valence-electron chi connectivity index (χ2n) is 12.3. The summed E-state index contributed by atoms with van der Waals surface area (Å²) in [5.74, 6) is 0. The summed E-state index contributed by atoms with van der Waals surface area (Å²) in [6.07, 6.45) is 0. The van der Waals surface area contributed by atoms with Crippen molar-refractivity contribution < 1.29 is 0 Å². The van der Waals surface area contributed by atoms with Crippen molar-refractivity contribution in [3.8, 4) is 0 Å². The van der Waals surface area contributed by atoms with E-state index < -0.39 is 16.5 Å². The molecule has 0 unspecified atom stereocenters. The summed E-state index contributed by atoms with van der Waals surface area (Å²) in [4.78, 5) is 3.75. The third-order valence-electron chi connectivity index (χ3n) is 9.29. The molecular formula is C44H39N3Si2. The van der Waals surface area contributed by atoms with Crippen molar-refractivity contribution in [3.63, 3.8) is 0 Å². The molecule has 1 heterocycles. The summed E-state index contributed by atoms with van der Waals surface area (Å²) < 4.78 is 11.5. The maximum absolute atomic E-state index is 5.77. The van der Waals surface area contributed by atoms with Crippen LogP contribution < -0.4 is 31.1 Å². The molecule has 0 saturated heterocycles. The molecule has 1 N–H and O–H groups in total. The van der Waals surface area contributed by atoms with Gasteiger partial charge in [0.15, 0.2) is 0 Å². The van der Waals surface area contributed by atoms with Crippen LogP contribution in [0.2, 0.25) is 0 Å². The highest BCUT2D eigenvalue weighted by molar-refractivity contribution is 7.11. The van der Waals surface area contributed by atoms with Crippen LogP contribution in [-0.2, 0) is 0 Å². The number of H-pyrrole nitrogens is 1. The predicted molar refractivity (Wildman–Crippen MR) is 213 cm³/mol. The van der Waals surface area contributed by atoms with E-state index in [9.17, 15) is 0 Å². The molecule has 0 aliphatic carbocycles. The number of aromatic nitrogens is 1. The molecular weight excluding hydrogens is 627 g/mol. The van der Waals surface area contributed by atoms with Crippen LogP contribution in [0.5, 0.6) is 0 Å². The van der Waals surface area contributed by atoms with E-state index in [-0.39, 0.29) is 0 Å². The first-order chi connectivity index (χ1) is 24.1. The highest BCUT2D eigenvalue weighted by Gasteiger charge is 2.41. The maximum Gasteiger partial charge on any atom is 0.273 e. The van der Waals surface area contributed by atoms with Crippen LogP contribution in [0.4, 0.5) is 0 Å². The molecule has 0 aliphatic heterocycles. The first-order valence-corrected chi connectivity index (χ1v) is 20.7. The second-order valence-corrected chi connectivity index (χ2v) is 19.1. The number of rotatable bonds is 10. The molecule has 7 aromatic rings. The van der Waals surface area contributed by atoms with Crippen LogP contribution >= 0.6 is 0 Å². The van der Waals surface area contributed by atoms with Crippen molar-refractivity contribution in [3.05, 3.63) is 206 Å². The van der Waals surface area contributed by atoms with Gasteiger partial charge in [0.05, 0.1) is 11.4 Å². The van der Waals surface area contributed by atoms with Gasteiger partial charge < -0.3 is 14.3 Å². The zero-order valence-corrected chi connectivity index (χ0v) is 29.9. The molecule has 1 aromatic heterocycles. The number of hydrogen-bond acceptors (Lipinski definition) is 2. The number of hydrogen-bond donors (Lipinski definition) is 1. The average molecular weight is 666 g/mol. The van der Waals surface area contributed by atoms with E-state index in [0.29, 0.717) is 0 Å². The quantitative estimate of drug-likeness (QED) is 0.106. The van der Waals surface area contributed by atoms with Crippen molar-refractivity contribution in [1.82, 2.24) is 4.98 Å². The van der Waals surface area contributed by atoms with Crippen molar-refractivity contribution >= 4 is 59.0 Å². The Morgan fingerprint density at radius 2 is 0.531 bits per heavy atom. The zero-order chi connectivity index (χ0) is 33.5. The molecule has 0 radical (unpaired) electrons. The standard InChI is InChI=1S/C44H39N3Si2/c1-35(46-48(37-21-9-3-10-22-37,38-23-11-4-12-24-38)39-25-13-5-14-26-39)43-33-34-44(45-43)36(2)47-49(40-27-15-6-16-28-40,41-29-17-7-18-30-41)42-31-19-8-20-32-42/h3-34,45H,1-2H3/b46-35+,47-36?. The second kappa shape index (κ2) is 14.2. The Bertz CT molecular complexity index is 1810. The lowest BCUT2D eigenvalue weighted by Gasteiger charge is -2.30. The van der Waals surface area contributed by atoms with E-state index in [1.54, 1.807) is 0 Å². The summed E-state index contributed by atoms with van der Waals surface area (Å²) in [5, 5.41) is 7.50. The third-order valence-corrected chi connectivity index (χ3v) is 17.6. The number of nitrogens with one attached hydrogen (secondary N) is 1. The molecule has 0 spiro atoms. The minimum Gasteiger partial charge on any atom is -0.353 e. The van der Waals surface area contributed by atoms with Gasteiger partial charge in [0, 0.05) is 11.4 Å². The predicted octanol–water partition coefficient (Wildman–Crippen LogP) is 5.97. The molecule has 0 amide bonds. The summed E-state index contributed by atoms with van der Waals surface area (Å²) >= 11 is 0. The maximum atomic E-state index is 5.77. The van der Waals surface area contributed by atoms with E-state index in [4.69, 9.17) is 9.32 Å². The minimum absolute atomic E-state index is 0.972. The van der Waals surface area contributed by atoms with Crippen molar-refractivity contribution in [2.45, 2.75) is 13.8 Å². The normalized spacial score (nSPS) is 12.5. The summed E-state index contributed by atoms with van der Waals surface area (Å²) in [6, 6.07) is 69.2. The van der Waals surface area contributed by atoms with Crippen LogP contribution in [-0.4, -0.2) is 32.9 Å². The fraction of sp³-hybridized carbons (Fsp3) is 0.0455. The van der Waals surface area contributed by atoms with Crippen LogP contribution in [0.1, 0.15) is 25.2 Å². The molecule has 0 bridgehead atoms.